The molecule has 5 heteroatoms. The van der Waals surface area contributed by atoms with Crippen LogP contribution in [0.1, 0.15) is 29.1 Å². The van der Waals surface area contributed by atoms with E-state index in [9.17, 15) is 4.79 Å². The van der Waals surface area contributed by atoms with Gasteiger partial charge in [-0.05, 0) is 50.8 Å². The smallest absolute Gasteiger partial charge is 0.240 e. The van der Waals surface area contributed by atoms with E-state index in [2.05, 4.69) is 45.3 Å². The molecule has 1 aliphatic rings. The minimum atomic E-state index is 0.0667. The van der Waals surface area contributed by atoms with Gasteiger partial charge in [-0.2, -0.15) is 5.10 Å². The summed E-state index contributed by atoms with van der Waals surface area (Å²) >= 11 is 0. The standard InChI is InChI=1S/C20H24N4O/c1-14-12-15(2)24(22-14)11-10-21-20(25)13-23-18-8-4-3-6-16(18)17-7-5-9-19(17)23/h3-4,6,8,12H,5,7,9-11,13H2,1-2H3,(H,21,25). The van der Waals surface area contributed by atoms with E-state index in [1.165, 1.54) is 28.6 Å². The minimum Gasteiger partial charge on any atom is -0.353 e. The zero-order valence-corrected chi connectivity index (χ0v) is 14.9. The molecule has 0 fully saturated rings. The van der Waals surface area contributed by atoms with Gasteiger partial charge in [-0.1, -0.05) is 18.2 Å². The number of aromatic nitrogens is 3. The normalized spacial score (nSPS) is 13.4. The van der Waals surface area contributed by atoms with Crippen molar-refractivity contribution in [1.82, 2.24) is 19.7 Å². The lowest BCUT2D eigenvalue weighted by Crippen LogP contribution is -2.31. The Morgan fingerprint density at radius 3 is 2.88 bits per heavy atom. The fraction of sp³-hybridized carbons (Fsp3) is 0.400. The highest BCUT2D eigenvalue weighted by Crippen LogP contribution is 2.32. The summed E-state index contributed by atoms with van der Waals surface area (Å²) < 4.78 is 4.15. The van der Waals surface area contributed by atoms with Crippen LogP contribution in [0.5, 0.6) is 0 Å². The Morgan fingerprint density at radius 2 is 2.08 bits per heavy atom. The fourth-order valence-electron chi connectivity index (χ4n) is 4.01. The molecule has 1 aliphatic carbocycles. The van der Waals surface area contributed by atoms with Gasteiger partial charge < -0.3 is 9.88 Å². The predicted octanol–water partition coefficient (Wildman–Crippen LogP) is 2.76. The summed E-state index contributed by atoms with van der Waals surface area (Å²) in [6.45, 7) is 5.72. The van der Waals surface area contributed by atoms with Crippen molar-refractivity contribution in [3.63, 3.8) is 0 Å². The Morgan fingerprint density at radius 1 is 1.24 bits per heavy atom. The largest absolute Gasteiger partial charge is 0.353 e. The Hall–Kier alpha value is -2.56. The number of carbonyl (C=O) groups excluding carboxylic acids is 1. The molecule has 2 heterocycles. The van der Waals surface area contributed by atoms with E-state index in [1.807, 2.05) is 18.5 Å². The number of amides is 1. The van der Waals surface area contributed by atoms with Crippen molar-refractivity contribution < 1.29 is 4.79 Å². The average Bonchev–Trinajstić information content (AvgIpc) is 3.25. The second-order valence-electron chi connectivity index (χ2n) is 6.88. The minimum absolute atomic E-state index is 0.0667. The third-order valence-corrected chi connectivity index (χ3v) is 5.09. The second kappa shape index (κ2) is 6.39. The van der Waals surface area contributed by atoms with Gasteiger partial charge >= 0.3 is 0 Å². The molecule has 0 saturated carbocycles. The van der Waals surface area contributed by atoms with Gasteiger partial charge in [0.05, 0.1) is 12.2 Å². The van der Waals surface area contributed by atoms with Crippen LogP contribution in [0.4, 0.5) is 0 Å². The Balaban J connectivity index is 1.45. The number of aryl methyl sites for hydroxylation is 3. The Kier molecular flexibility index (Phi) is 4.07. The van der Waals surface area contributed by atoms with Crippen molar-refractivity contribution in [3.05, 3.63) is 53.0 Å². The third-order valence-electron chi connectivity index (χ3n) is 5.09. The van der Waals surface area contributed by atoms with Gasteiger partial charge in [-0.3, -0.25) is 9.48 Å². The molecule has 25 heavy (non-hydrogen) atoms. The summed E-state index contributed by atoms with van der Waals surface area (Å²) in [6.07, 6.45) is 3.39. The molecular weight excluding hydrogens is 312 g/mol. The molecule has 1 aromatic carbocycles. The van der Waals surface area contributed by atoms with Gasteiger partial charge in [-0.25, -0.2) is 0 Å². The van der Waals surface area contributed by atoms with Gasteiger partial charge in [0.15, 0.2) is 0 Å². The highest BCUT2D eigenvalue weighted by atomic mass is 16.1. The highest BCUT2D eigenvalue weighted by molar-refractivity contribution is 5.88. The number of benzene rings is 1. The zero-order chi connectivity index (χ0) is 17.4. The van der Waals surface area contributed by atoms with Gasteiger partial charge in [-0.15, -0.1) is 0 Å². The van der Waals surface area contributed by atoms with Crippen molar-refractivity contribution >= 4 is 16.8 Å². The Labute approximate surface area is 147 Å². The van der Waals surface area contributed by atoms with E-state index < -0.39 is 0 Å². The summed E-state index contributed by atoms with van der Waals surface area (Å²) in [6, 6.07) is 10.5. The molecule has 130 valence electrons. The fourth-order valence-corrected chi connectivity index (χ4v) is 4.01. The molecule has 0 spiro atoms. The number of para-hydroxylation sites is 1. The number of carbonyl (C=O) groups is 1. The monoisotopic (exact) mass is 336 g/mol. The van der Waals surface area contributed by atoms with Gasteiger partial charge in [0.2, 0.25) is 5.91 Å². The zero-order valence-electron chi connectivity index (χ0n) is 14.9. The van der Waals surface area contributed by atoms with E-state index in [-0.39, 0.29) is 5.91 Å². The van der Waals surface area contributed by atoms with Crippen molar-refractivity contribution in [1.29, 1.82) is 0 Å². The van der Waals surface area contributed by atoms with Crippen LogP contribution in [0.15, 0.2) is 30.3 Å². The van der Waals surface area contributed by atoms with Crippen LogP contribution in [-0.4, -0.2) is 26.8 Å². The summed E-state index contributed by atoms with van der Waals surface area (Å²) in [7, 11) is 0. The lowest BCUT2D eigenvalue weighted by atomic mass is 10.1. The molecule has 0 saturated heterocycles. The first-order chi connectivity index (χ1) is 12.1. The van der Waals surface area contributed by atoms with E-state index in [0.29, 0.717) is 19.6 Å². The van der Waals surface area contributed by atoms with Crippen LogP contribution < -0.4 is 5.32 Å². The van der Waals surface area contributed by atoms with Crippen molar-refractivity contribution in [3.8, 4) is 0 Å². The predicted molar refractivity (Wildman–Crippen MR) is 98.7 cm³/mol. The molecule has 0 bridgehead atoms. The van der Waals surface area contributed by atoms with Crippen LogP contribution in [0.3, 0.4) is 0 Å². The molecule has 1 N–H and O–H groups in total. The van der Waals surface area contributed by atoms with Crippen LogP contribution in [0.2, 0.25) is 0 Å². The number of fused-ring (bicyclic) bond motifs is 3. The van der Waals surface area contributed by atoms with Crippen molar-refractivity contribution in [2.24, 2.45) is 0 Å². The van der Waals surface area contributed by atoms with E-state index in [0.717, 1.165) is 24.2 Å². The number of nitrogens with one attached hydrogen (secondary N) is 1. The van der Waals surface area contributed by atoms with Crippen LogP contribution >= 0.6 is 0 Å². The maximum atomic E-state index is 12.5. The third kappa shape index (κ3) is 2.95. The van der Waals surface area contributed by atoms with Crippen LogP contribution in [-0.2, 0) is 30.7 Å². The first kappa shape index (κ1) is 15.9. The molecule has 3 aromatic rings. The van der Waals surface area contributed by atoms with Crippen LogP contribution in [0, 0.1) is 13.8 Å². The molecule has 0 unspecified atom stereocenters. The maximum absolute atomic E-state index is 12.5. The van der Waals surface area contributed by atoms with Gasteiger partial charge in [0.1, 0.15) is 6.54 Å². The molecule has 0 aliphatic heterocycles. The van der Waals surface area contributed by atoms with Crippen molar-refractivity contribution in [2.45, 2.75) is 46.2 Å². The highest BCUT2D eigenvalue weighted by Gasteiger charge is 2.22. The quantitative estimate of drug-likeness (QED) is 0.779. The molecular formula is C20H24N4O. The average molecular weight is 336 g/mol. The molecule has 5 nitrogen and oxygen atoms in total. The van der Waals surface area contributed by atoms with Crippen LogP contribution in [0.25, 0.3) is 10.9 Å². The first-order valence-electron chi connectivity index (χ1n) is 9.00. The number of rotatable bonds is 5. The summed E-state index contributed by atoms with van der Waals surface area (Å²) in [5.41, 5.74) is 6.10. The summed E-state index contributed by atoms with van der Waals surface area (Å²) in [5, 5.41) is 8.78. The molecule has 4 rings (SSSR count). The molecule has 0 radical (unpaired) electrons. The van der Waals surface area contributed by atoms with Gasteiger partial charge in [0.25, 0.3) is 0 Å². The number of hydrogen-bond acceptors (Lipinski definition) is 2. The van der Waals surface area contributed by atoms with E-state index in [4.69, 9.17) is 0 Å². The SMILES string of the molecule is Cc1cc(C)n(CCNC(=O)Cn2c3c(c4ccccc42)CCC3)n1. The second-order valence-corrected chi connectivity index (χ2v) is 6.88. The number of nitrogens with zero attached hydrogens (tertiary/aromatic N) is 3. The van der Waals surface area contributed by atoms with Crippen molar-refractivity contribution in [2.75, 3.05) is 6.54 Å². The first-order valence-corrected chi connectivity index (χ1v) is 9.00. The van der Waals surface area contributed by atoms with E-state index in [1.54, 1.807) is 0 Å². The summed E-state index contributed by atoms with van der Waals surface area (Å²) in [4.78, 5) is 12.5. The Bertz CT molecular complexity index is 935. The molecule has 0 atom stereocenters. The van der Waals surface area contributed by atoms with Gasteiger partial charge in [0, 0.05) is 28.8 Å². The molecule has 1 amide bonds. The lowest BCUT2D eigenvalue weighted by Gasteiger charge is -2.11. The lowest BCUT2D eigenvalue weighted by molar-refractivity contribution is -0.121. The summed E-state index contributed by atoms with van der Waals surface area (Å²) in [5.74, 6) is 0.0667. The maximum Gasteiger partial charge on any atom is 0.240 e. The topological polar surface area (TPSA) is 51.9 Å². The number of hydrogen-bond donors (Lipinski definition) is 1. The van der Waals surface area contributed by atoms with E-state index >= 15 is 0 Å². The molecule has 2 aromatic heterocycles.